The molecule has 0 aliphatic rings. The SMILES string of the molecule is CCCCC/C=C\C/C=C\CCCCCCCC(OCCCCCCCCCCCCCCCC)O[Si](C)(C)OCCCCCCBr. The van der Waals surface area contributed by atoms with Crippen molar-refractivity contribution < 1.29 is 13.6 Å². The molecule has 3 nitrogen and oxygen atoms in total. The second-order valence-electron chi connectivity index (χ2n) is 14.4. The summed E-state index contributed by atoms with van der Waals surface area (Å²) in [6, 6.07) is 0. The molecule has 0 aromatic heterocycles. The van der Waals surface area contributed by atoms with Crippen LogP contribution in [0.3, 0.4) is 0 Å². The van der Waals surface area contributed by atoms with Gasteiger partial charge in [0.05, 0.1) is 0 Å². The molecule has 0 rings (SSSR count). The molecule has 47 heavy (non-hydrogen) atoms. The van der Waals surface area contributed by atoms with Crippen LogP contribution in [0.5, 0.6) is 0 Å². The second-order valence-corrected chi connectivity index (χ2v) is 18.5. The standard InChI is InChI=1S/C42H83BrO3Si/c1-5-7-9-11-13-15-17-19-21-22-24-26-28-30-34-38-42(46-47(3,4)45-41-37-33-31-35-39-43)44-40-36-32-29-27-25-23-20-18-16-14-12-10-8-6-2/h13,15,19,21,42H,5-12,14,16-18,20,22-41H2,1-4H3/b15-13-,21-19-. The van der Waals surface area contributed by atoms with Crippen molar-refractivity contribution in [2.75, 3.05) is 18.5 Å². The van der Waals surface area contributed by atoms with E-state index >= 15 is 0 Å². The number of ether oxygens (including phenoxy) is 1. The van der Waals surface area contributed by atoms with Gasteiger partial charge in [-0.25, -0.2) is 0 Å². The van der Waals surface area contributed by atoms with Crippen LogP contribution in [0.25, 0.3) is 0 Å². The lowest BCUT2D eigenvalue weighted by molar-refractivity contribution is -0.104. The molecule has 5 heteroatoms. The zero-order chi connectivity index (χ0) is 34.4. The molecule has 0 saturated carbocycles. The van der Waals surface area contributed by atoms with E-state index in [-0.39, 0.29) is 6.29 Å². The number of hydrogen-bond acceptors (Lipinski definition) is 3. The van der Waals surface area contributed by atoms with Crippen LogP contribution in [0.4, 0.5) is 0 Å². The molecule has 0 amide bonds. The summed E-state index contributed by atoms with van der Waals surface area (Å²) in [5.41, 5.74) is 0. The van der Waals surface area contributed by atoms with E-state index in [4.69, 9.17) is 13.6 Å². The van der Waals surface area contributed by atoms with Crippen molar-refractivity contribution in [1.29, 1.82) is 0 Å². The van der Waals surface area contributed by atoms with Crippen LogP contribution >= 0.6 is 15.9 Å². The Hall–Kier alpha value is 0.0569. The predicted octanol–water partition coefficient (Wildman–Crippen LogP) is 15.3. The zero-order valence-corrected chi connectivity index (χ0v) is 34.9. The lowest BCUT2D eigenvalue weighted by Gasteiger charge is -2.29. The van der Waals surface area contributed by atoms with Crippen LogP contribution in [-0.2, 0) is 13.6 Å². The zero-order valence-electron chi connectivity index (χ0n) is 32.3. The minimum atomic E-state index is -2.20. The summed E-state index contributed by atoms with van der Waals surface area (Å²) >= 11 is 3.53. The van der Waals surface area contributed by atoms with Crippen molar-refractivity contribution in [3.63, 3.8) is 0 Å². The molecular formula is C42H83BrO3Si. The lowest BCUT2D eigenvalue weighted by atomic mass is 10.0. The third-order valence-corrected chi connectivity index (χ3v) is 11.4. The molecule has 0 heterocycles. The third kappa shape index (κ3) is 38.7. The number of halogens is 1. The minimum absolute atomic E-state index is 0.106. The first-order chi connectivity index (χ1) is 23.1. The van der Waals surface area contributed by atoms with Crippen LogP contribution in [0.15, 0.2) is 24.3 Å². The highest BCUT2D eigenvalue weighted by molar-refractivity contribution is 9.09. The van der Waals surface area contributed by atoms with Gasteiger partial charge in [-0.1, -0.05) is 182 Å². The van der Waals surface area contributed by atoms with Crippen molar-refractivity contribution in [2.45, 2.75) is 226 Å². The van der Waals surface area contributed by atoms with E-state index in [1.807, 2.05) is 0 Å². The second kappa shape index (κ2) is 38.9. The molecule has 1 atom stereocenters. The normalized spacial score (nSPS) is 13.0. The van der Waals surface area contributed by atoms with E-state index in [0.717, 1.165) is 44.2 Å². The van der Waals surface area contributed by atoms with Crippen molar-refractivity contribution >= 4 is 24.5 Å². The quantitative estimate of drug-likeness (QED) is 0.0206. The number of rotatable bonds is 39. The van der Waals surface area contributed by atoms with Gasteiger partial charge in [0.25, 0.3) is 0 Å². The Morgan fingerprint density at radius 2 is 0.915 bits per heavy atom. The van der Waals surface area contributed by atoms with Gasteiger partial charge in [0.15, 0.2) is 0 Å². The highest BCUT2D eigenvalue weighted by Crippen LogP contribution is 2.19. The van der Waals surface area contributed by atoms with E-state index in [1.54, 1.807) is 0 Å². The molecule has 0 spiro atoms. The lowest BCUT2D eigenvalue weighted by Crippen LogP contribution is -2.40. The molecule has 0 N–H and O–H groups in total. The van der Waals surface area contributed by atoms with Crippen LogP contribution in [0, 0.1) is 0 Å². The van der Waals surface area contributed by atoms with Gasteiger partial charge in [0, 0.05) is 18.5 Å². The highest BCUT2D eigenvalue weighted by atomic mass is 79.9. The average molecular weight is 744 g/mol. The maximum Gasteiger partial charge on any atom is 0.333 e. The van der Waals surface area contributed by atoms with Crippen LogP contribution in [0.2, 0.25) is 13.1 Å². The van der Waals surface area contributed by atoms with Crippen molar-refractivity contribution in [3.8, 4) is 0 Å². The summed E-state index contributed by atoms with van der Waals surface area (Å²) in [4.78, 5) is 0. The van der Waals surface area contributed by atoms with E-state index in [9.17, 15) is 0 Å². The van der Waals surface area contributed by atoms with Crippen LogP contribution in [0.1, 0.15) is 206 Å². The maximum atomic E-state index is 6.58. The Morgan fingerprint density at radius 1 is 0.489 bits per heavy atom. The molecule has 0 fully saturated rings. The van der Waals surface area contributed by atoms with Gasteiger partial charge < -0.3 is 13.6 Å². The van der Waals surface area contributed by atoms with Gasteiger partial charge >= 0.3 is 8.56 Å². The molecule has 280 valence electrons. The van der Waals surface area contributed by atoms with Gasteiger partial charge in [0.1, 0.15) is 6.29 Å². The molecule has 1 unspecified atom stereocenters. The fourth-order valence-electron chi connectivity index (χ4n) is 6.03. The third-order valence-electron chi connectivity index (χ3n) is 9.08. The van der Waals surface area contributed by atoms with Gasteiger partial charge in [0.2, 0.25) is 0 Å². The van der Waals surface area contributed by atoms with Gasteiger partial charge in [-0.2, -0.15) is 0 Å². The Kier molecular flexibility index (Phi) is 38.9. The van der Waals surface area contributed by atoms with Crippen molar-refractivity contribution in [3.05, 3.63) is 24.3 Å². The molecule has 0 bridgehead atoms. The van der Waals surface area contributed by atoms with E-state index in [1.165, 1.54) is 167 Å². The van der Waals surface area contributed by atoms with Crippen LogP contribution in [-0.4, -0.2) is 33.4 Å². The number of alkyl halides is 1. The Balaban J connectivity index is 4.16. The van der Waals surface area contributed by atoms with Crippen molar-refractivity contribution in [1.82, 2.24) is 0 Å². The molecule has 0 aliphatic heterocycles. The summed E-state index contributed by atoms with van der Waals surface area (Å²) in [7, 11) is -2.20. The first-order valence-corrected chi connectivity index (χ1v) is 24.8. The number of unbranched alkanes of at least 4 members (excludes halogenated alkanes) is 24. The Labute approximate surface area is 305 Å². The molecular weight excluding hydrogens is 660 g/mol. The summed E-state index contributed by atoms with van der Waals surface area (Å²) in [5.74, 6) is 0. The molecule has 0 radical (unpaired) electrons. The van der Waals surface area contributed by atoms with E-state index in [2.05, 4.69) is 67.2 Å². The summed E-state index contributed by atoms with van der Waals surface area (Å²) < 4.78 is 19.3. The highest BCUT2D eigenvalue weighted by Gasteiger charge is 2.29. The maximum absolute atomic E-state index is 6.58. The molecule has 0 aromatic rings. The van der Waals surface area contributed by atoms with Crippen molar-refractivity contribution in [2.24, 2.45) is 0 Å². The number of allylic oxidation sites excluding steroid dienone is 4. The molecule has 0 saturated heterocycles. The fraction of sp³-hybridized carbons (Fsp3) is 0.905. The summed E-state index contributed by atoms with van der Waals surface area (Å²) in [6.45, 7) is 10.6. The average Bonchev–Trinajstić information content (AvgIpc) is 3.06. The molecule has 0 aromatic carbocycles. The largest absolute Gasteiger partial charge is 0.394 e. The smallest absolute Gasteiger partial charge is 0.333 e. The van der Waals surface area contributed by atoms with Crippen LogP contribution < -0.4 is 0 Å². The molecule has 0 aliphatic carbocycles. The first kappa shape index (κ1) is 47.1. The van der Waals surface area contributed by atoms with Gasteiger partial charge in [-0.3, -0.25) is 0 Å². The number of hydrogen-bond donors (Lipinski definition) is 0. The Bertz CT molecular complexity index is 654. The monoisotopic (exact) mass is 743 g/mol. The van der Waals surface area contributed by atoms with E-state index < -0.39 is 8.56 Å². The summed E-state index contributed by atoms with van der Waals surface area (Å²) in [5, 5.41) is 1.10. The predicted molar refractivity (Wildman–Crippen MR) is 216 cm³/mol. The topological polar surface area (TPSA) is 27.7 Å². The summed E-state index contributed by atoms with van der Waals surface area (Å²) in [6.07, 6.45) is 48.5. The Morgan fingerprint density at radius 3 is 1.47 bits per heavy atom. The van der Waals surface area contributed by atoms with Gasteiger partial charge in [-0.15, -0.1) is 0 Å². The minimum Gasteiger partial charge on any atom is -0.394 e. The fourth-order valence-corrected chi connectivity index (χ4v) is 7.95. The van der Waals surface area contributed by atoms with Gasteiger partial charge in [-0.05, 0) is 77.3 Å². The van der Waals surface area contributed by atoms with E-state index in [0.29, 0.717) is 0 Å². The first-order valence-electron chi connectivity index (χ1n) is 20.8.